The molecule has 0 saturated heterocycles. The van der Waals surface area contributed by atoms with Crippen LogP contribution in [-0.2, 0) is 0 Å². The molecule has 0 saturated carbocycles. The van der Waals surface area contributed by atoms with Gasteiger partial charge in [-0.2, -0.15) is 5.10 Å². The third-order valence-corrected chi connectivity index (χ3v) is 4.24. The molecule has 0 spiro atoms. The summed E-state index contributed by atoms with van der Waals surface area (Å²) in [6.45, 7) is 1.88. The first-order valence-corrected chi connectivity index (χ1v) is 8.39. The summed E-state index contributed by atoms with van der Waals surface area (Å²) in [7, 11) is 0. The average molecular weight is 339 g/mol. The summed E-state index contributed by atoms with van der Waals surface area (Å²) in [4.78, 5) is 17.0. The summed E-state index contributed by atoms with van der Waals surface area (Å²) in [6.07, 6.45) is 1.65. The van der Waals surface area contributed by atoms with Gasteiger partial charge in [-0.3, -0.25) is 9.78 Å². The van der Waals surface area contributed by atoms with Crippen molar-refractivity contribution in [3.8, 4) is 0 Å². The fourth-order valence-corrected chi connectivity index (χ4v) is 3.01. The van der Waals surface area contributed by atoms with Gasteiger partial charge in [-0.15, -0.1) is 0 Å². The normalized spacial score (nSPS) is 11.3. The zero-order valence-corrected chi connectivity index (χ0v) is 14.3. The second-order valence-electron chi connectivity index (χ2n) is 6.13. The molecule has 0 aliphatic heterocycles. The van der Waals surface area contributed by atoms with Gasteiger partial charge in [0.1, 0.15) is 0 Å². The molecule has 0 aliphatic carbocycles. The van der Waals surface area contributed by atoms with Gasteiger partial charge in [0.25, 0.3) is 5.91 Å². The predicted octanol–water partition coefficient (Wildman–Crippen LogP) is 4.46. The van der Waals surface area contributed by atoms with Crippen molar-refractivity contribution in [1.29, 1.82) is 0 Å². The highest BCUT2D eigenvalue weighted by molar-refractivity contribution is 6.06. The first-order valence-electron chi connectivity index (χ1n) is 8.39. The van der Waals surface area contributed by atoms with Crippen molar-refractivity contribution >= 4 is 33.8 Å². The highest BCUT2D eigenvalue weighted by Crippen LogP contribution is 2.18. The van der Waals surface area contributed by atoms with Crippen LogP contribution in [0, 0.1) is 6.92 Å². The lowest BCUT2D eigenvalue weighted by atomic mass is 10.1. The van der Waals surface area contributed by atoms with Crippen molar-refractivity contribution in [2.45, 2.75) is 6.92 Å². The van der Waals surface area contributed by atoms with E-state index < -0.39 is 0 Å². The summed E-state index contributed by atoms with van der Waals surface area (Å²) in [5, 5.41) is 7.24. The third kappa shape index (κ3) is 3.17. The number of nitrogens with zero attached hydrogens (tertiary/aromatic N) is 2. The third-order valence-electron chi connectivity index (χ3n) is 4.24. The van der Waals surface area contributed by atoms with E-state index in [0.29, 0.717) is 5.56 Å². The van der Waals surface area contributed by atoms with Gasteiger partial charge in [0, 0.05) is 11.1 Å². The molecule has 3 aromatic carbocycles. The van der Waals surface area contributed by atoms with Crippen LogP contribution in [0.25, 0.3) is 21.7 Å². The summed E-state index contributed by atoms with van der Waals surface area (Å²) >= 11 is 0. The highest BCUT2D eigenvalue weighted by atomic mass is 16.2. The molecule has 1 N–H and O–H groups in total. The highest BCUT2D eigenvalue weighted by Gasteiger charge is 2.10. The molecule has 4 aromatic rings. The lowest BCUT2D eigenvalue weighted by Crippen LogP contribution is -2.18. The molecule has 0 fully saturated rings. The molecular formula is C22H17N3O. The van der Waals surface area contributed by atoms with E-state index in [-0.39, 0.29) is 5.91 Å². The van der Waals surface area contributed by atoms with Gasteiger partial charge in [-0.05, 0) is 41.5 Å². The number of aryl methyl sites for hydroxylation is 1. The van der Waals surface area contributed by atoms with Gasteiger partial charge in [0.05, 0.1) is 17.3 Å². The Morgan fingerprint density at radius 2 is 1.73 bits per heavy atom. The number of pyridine rings is 1. The van der Waals surface area contributed by atoms with Gasteiger partial charge >= 0.3 is 0 Å². The zero-order valence-electron chi connectivity index (χ0n) is 14.3. The van der Waals surface area contributed by atoms with Crippen LogP contribution in [0.15, 0.2) is 77.9 Å². The molecule has 4 nitrogen and oxygen atoms in total. The van der Waals surface area contributed by atoms with Crippen molar-refractivity contribution in [3.05, 3.63) is 89.6 Å². The maximum atomic E-state index is 12.6. The second kappa shape index (κ2) is 6.76. The Morgan fingerprint density at radius 1 is 0.962 bits per heavy atom. The Kier molecular flexibility index (Phi) is 4.15. The van der Waals surface area contributed by atoms with E-state index >= 15 is 0 Å². The van der Waals surface area contributed by atoms with Crippen LogP contribution >= 0.6 is 0 Å². The molecule has 1 amide bonds. The van der Waals surface area contributed by atoms with E-state index in [1.807, 2.05) is 61.5 Å². The Labute approximate surface area is 151 Å². The molecule has 0 radical (unpaired) electrons. The van der Waals surface area contributed by atoms with E-state index in [1.165, 1.54) is 5.39 Å². The number of carbonyl (C=O) groups excluding carboxylic acids is 1. The molecule has 126 valence electrons. The lowest BCUT2D eigenvalue weighted by molar-refractivity contribution is 0.0956. The quantitative estimate of drug-likeness (QED) is 0.442. The predicted molar refractivity (Wildman–Crippen MR) is 105 cm³/mol. The maximum Gasteiger partial charge on any atom is 0.272 e. The summed E-state index contributed by atoms with van der Waals surface area (Å²) < 4.78 is 0. The average Bonchev–Trinajstić information content (AvgIpc) is 2.67. The molecule has 1 aromatic heterocycles. The first-order chi connectivity index (χ1) is 12.7. The number of hydrogen-bond acceptors (Lipinski definition) is 3. The molecule has 0 unspecified atom stereocenters. The van der Waals surface area contributed by atoms with Gasteiger partial charge in [-0.25, -0.2) is 5.43 Å². The maximum absolute atomic E-state index is 12.6. The Bertz CT molecular complexity index is 1150. The number of nitrogens with one attached hydrogen (secondary N) is 1. The number of fused-ring (bicyclic) bond motifs is 2. The van der Waals surface area contributed by atoms with Crippen LogP contribution in [0.4, 0.5) is 0 Å². The molecule has 4 rings (SSSR count). The first kappa shape index (κ1) is 16.0. The van der Waals surface area contributed by atoms with Crippen molar-refractivity contribution in [1.82, 2.24) is 10.4 Å². The minimum atomic E-state index is -0.247. The summed E-state index contributed by atoms with van der Waals surface area (Å²) in [6, 6.07) is 23.6. The van der Waals surface area contributed by atoms with Gasteiger partial charge in [0.15, 0.2) is 0 Å². The van der Waals surface area contributed by atoms with Crippen LogP contribution in [0.2, 0.25) is 0 Å². The number of benzene rings is 3. The van der Waals surface area contributed by atoms with Crippen LogP contribution in [0.3, 0.4) is 0 Å². The number of aromatic nitrogens is 1. The van der Waals surface area contributed by atoms with E-state index in [0.717, 1.165) is 27.5 Å². The molecule has 26 heavy (non-hydrogen) atoms. The van der Waals surface area contributed by atoms with E-state index in [9.17, 15) is 4.79 Å². The van der Waals surface area contributed by atoms with Gasteiger partial charge in [0.2, 0.25) is 0 Å². The molecular weight excluding hydrogens is 322 g/mol. The van der Waals surface area contributed by atoms with Gasteiger partial charge in [-0.1, -0.05) is 54.6 Å². The number of hydrazone groups is 1. The van der Waals surface area contributed by atoms with E-state index in [2.05, 4.69) is 27.6 Å². The van der Waals surface area contributed by atoms with Crippen LogP contribution in [-0.4, -0.2) is 17.1 Å². The van der Waals surface area contributed by atoms with Crippen molar-refractivity contribution in [2.75, 3.05) is 0 Å². The van der Waals surface area contributed by atoms with Crippen LogP contribution < -0.4 is 5.43 Å². The minimum Gasteiger partial charge on any atom is -0.267 e. The fraction of sp³-hybridized carbons (Fsp3) is 0.0455. The Balaban J connectivity index is 1.57. The molecule has 0 bridgehead atoms. The Hall–Kier alpha value is -3.53. The smallest absolute Gasteiger partial charge is 0.267 e. The lowest BCUT2D eigenvalue weighted by Gasteiger charge is -2.06. The van der Waals surface area contributed by atoms with Crippen molar-refractivity contribution < 1.29 is 4.79 Å². The number of hydrogen-bond donors (Lipinski definition) is 1. The molecule has 0 atom stereocenters. The van der Waals surface area contributed by atoms with E-state index in [4.69, 9.17) is 0 Å². The molecule has 0 aliphatic rings. The fourth-order valence-electron chi connectivity index (χ4n) is 3.01. The number of rotatable bonds is 3. The Morgan fingerprint density at radius 3 is 2.62 bits per heavy atom. The molecule has 4 heteroatoms. The topological polar surface area (TPSA) is 54.4 Å². The summed E-state index contributed by atoms with van der Waals surface area (Å²) in [5.74, 6) is -0.247. The van der Waals surface area contributed by atoms with E-state index in [1.54, 1.807) is 12.3 Å². The largest absolute Gasteiger partial charge is 0.272 e. The number of amides is 1. The van der Waals surface area contributed by atoms with Crippen LogP contribution in [0.1, 0.15) is 21.6 Å². The van der Waals surface area contributed by atoms with Crippen molar-refractivity contribution in [3.63, 3.8) is 0 Å². The number of carbonyl (C=O) groups is 1. The zero-order chi connectivity index (χ0) is 17.9. The van der Waals surface area contributed by atoms with Crippen molar-refractivity contribution in [2.24, 2.45) is 5.10 Å². The second-order valence-corrected chi connectivity index (χ2v) is 6.13. The monoisotopic (exact) mass is 339 g/mol. The SMILES string of the molecule is Cc1cc(C(=O)N/N=C/c2ccc3ccccc3c2)c2ccccc2n1. The number of para-hydroxylation sites is 1. The van der Waals surface area contributed by atoms with Gasteiger partial charge < -0.3 is 0 Å². The summed E-state index contributed by atoms with van der Waals surface area (Å²) in [5.41, 5.74) is 5.72. The van der Waals surface area contributed by atoms with Crippen LogP contribution in [0.5, 0.6) is 0 Å². The standard InChI is InChI=1S/C22H17N3O/c1-15-12-20(19-8-4-5-9-21(19)24-15)22(26)25-23-14-16-10-11-17-6-2-3-7-18(17)13-16/h2-14H,1H3,(H,25,26)/b23-14+. The minimum absolute atomic E-state index is 0.247. The molecule has 1 heterocycles.